The van der Waals surface area contributed by atoms with Crippen molar-refractivity contribution in [3.8, 4) is 0 Å². The van der Waals surface area contributed by atoms with Gasteiger partial charge in [0, 0.05) is 23.2 Å². The van der Waals surface area contributed by atoms with Crippen LogP contribution in [-0.4, -0.2) is 28.6 Å². The summed E-state index contributed by atoms with van der Waals surface area (Å²) in [4.78, 5) is 0. The van der Waals surface area contributed by atoms with Crippen LogP contribution in [0, 0.1) is 0 Å². The fourth-order valence-electron chi connectivity index (χ4n) is 2.06. The number of rotatable bonds is 4. The molecule has 2 rings (SSSR count). The summed E-state index contributed by atoms with van der Waals surface area (Å²) >= 11 is 8.23. The van der Waals surface area contributed by atoms with Crippen molar-refractivity contribution in [3.05, 3.63) is 34.3 Å². The second-order valence-corrected chi connectivity index (χ2v) is 6.19. The summed E-state index contributed by atoms with van der Waals surface area (Å²) < 4.78 is 0. The summed E-state index contributed by atoms with van der Waals surface area (Å²) in [5.41, 5.74) is 7.19. The van der Waals surface area contributed by atoms with Crippen molar-refractivity contribution in [2.24, 2.45) is 10.9 Å². The van der Waals surface area contributed by atoms with Gasteiger partial charge in [0.05, 0.1) is 0 Å². The van der Waals surface area contributed by atoms with E-state index in [0.717, 1.165) is 12.1 Å². The van der Waals surface area contributed by atoms with E-state index in [-0.39, 0.29) is 5.84 Å². The lowest BCUT2D eigenvalue weighted by atomic mass is 10.1. The van der Waals surface area contributed by atoms with E-state index in [2.05, 4.69) is 10.5 Å². The molecule has 4 nitrogen and oxygen atoms in total. The summed E-state index contributed by atoms with van der Waals surface area (Å²) in [5.74, 6) is 2.53. The van der Waals surface area contributed by atoms with Crippen LogP contribution in [0.3, 0.4) is 0 Å². The first-order chi connectivity index (χ1) is 9.20. The van der Waals surface area contributed by atoms with E-state index in [1.807, 2.05) is 23.9 Å². The number of hydrogen-bond acceptors (Lipinski definition) is 4. The maximum atomic E-state index is 8.63. The molecule has 1 saturated heterocycles. The van der Waals surface area contributed by atoms with E-state index >= 15 is 0 Å². The number of nitrogens with zero attached hydrogens (tertiary/aromatic N) is 1. The van der Waals surface area contributed by atoms with Crippen molar-refractivity contribution >= 4 is 29.2 Å². The van der Waals surface area contributed by atoms with E-state index in [0.29, 0.717) is 16.6 Å². The maximum absolute atomic E-state index is 8.63. The summed E-state index contributed by atoms with van der Waals surface area (Å²) in [6, 6.07) is 6.04. The fraction of sp³-hybridized carbons (Fsp3) is 0.462. The molecule has 1 heterocycles. The molecular formula is C13H18ClN3OS. The van der Waals surface area contributed by atoms with Gasteiger partial charge in [-0.2, -0.15) is 11.8 Å². The fourth-order valence-corrected chi connectivity index (χ4v) is 3.42. The second-order valence-electron chi connectivity index (χ2n) is 4.56. The molecule has 0 saturated carbocycles. The minimum Gasteiger partial charge on any atom is -0.409 e. The Morgan fingerprint density at radius 1 is 1.47 bits per heavy atom. The molecule has 1 fully saturated rings. The van der Waals surface area contributed by atoms with Crippen LogP contribution in [0.4, 0.5) is 0 Å². The Balaban J connectivity index is 1.97. The molecule has 0 radical (unpaired) electrons. The molecule has 6 heteroatoms. The normalized spacial score (nSPS) is 17.6. The topological polar surface area (TPSA) is 70.6 Å². The van der Waals surface area contributed by atoms with Gasteiger partial charge in [0.2, 0.25) is 0 Å². The van der Waals surface area contributed by atoms with E-state index in [1.54, 1.807) is 6.07 Å². The number of amidine groups is 1. The van der Waals surface area contributed by atoms with Crippen LogP contribution in [0.15, 0.2) is 23.4 Å². The number of nitrogens with one attached hydrogen (secondary N) is 1. The number of benzene rings is 1. The summed E-state index contributed by atoms with van der Waals surface area (Å²) in [5, 5.41) is 15.8. The largest absolute Gasteiger partial charge is 0.409 e. The first-order valence-electron chi connectivity index (χ1n) is 6.28. The lowest BCUT2D eigenvalue weighted by molar-refractivity contribution is 0.318. The highest BCUT2D eigenvalue weighted by atomic mass is 35.5. The van der Waals surface area contributed by atoms with Gasteiger partial charge in [0.25, 0.3) is 0 Å². The first-order valence-corrected chi connectivity index (χ1v) is 7.81. The van der Waals surface area contributed by atoms with Crippen molar-refractivity contribution in [2.45, 2.75) is 25.4 Å². The minimum absolute atomic E-state index is 0.0747. The van der Waals surface area contributed by atoms with Gasteiger partial charge in [-0.05, 0) is 36.0 Å². The third kappa shape index (κ3) is 4.03. The highest BCUT2D eigenvalue weighted by molar-refractivity contribution is 7.99. The molecule has 1 aliphatic rings. The van der Waals surface area contributed by atoms with Gasteiger partial charge in [-0.15, -0.1) is 0 Å². The number of oxime groups is 1. The summed E-state index contributed by atoms with van der Waals surface area (Å²) in [7, 11) is 0. The quantitative estimate of drug-likeness (QED) is 0.346. The molecule has 0 bridgehead atoms. The third-order valence-electron chi connectivity index (χ3n) is 3.26. The third-order valence-corrected chi connectivity index (χ3v) is 4.66. The Morgan fingerprint density at radius 2 is 2.21 bits per heavy atom. The molecule has 19 heavy (non-hydrogen) atoms. The molecule has 0 aromatic heterocycles. The van der Waals surface area contributed by atoms with Crippen molar-refractivity contribution in [3.63, 3.8) is 0 Å². The number of halogens is 1. The lowest BCUT2D eigenvalue weighted by Crippen LogP contribution is -2.32. The smallest absolute Gasteiger partial charge is 0.170 e. The Hall–Kier alpha value is -0.910. The van der Waals surface area contributed by atoms with Crippen LogP contribution in [0.25, 0.3) is 0 Å². The summed E-state index contributed by atoms with van der Waals surface area (Å²) in [6.07, 6.45) is 2.43. The standard InChI is InChI=1S/C13H18ClN3OS/c14-12-7-9(13(15)17-18)1-2-10(12)8-16-11-3-5-19-6-4-11/h1-2,7,11,16,18H,3-6,8H2,(H2,15,17). The molecular weight excluding hydrogens is 282 g/mol. The first kappa shape index (κ1) is 14.5. The highest BCUT2D eigenvalue weighted by Crippen LogP contribution is 2.20. The lowest BCUT2D eigenvalue weighted by Gasteiger charge is -2.22. The van der Waals surface area contributed by atoms with Crippen LogP contribution >= 0.6 is 23.4 Å². The predicted octanol–water partition coefficient (Wildman–Crippen LogP) is 2.42. The molecule has 4 N–H and O–H groups in total. The zero-order chi connectivity index (χ0) is 13.7. The molecule has 1 aliphatic heterocycles. The van der Waals surface area contributed by atoms with E-state index < -0.39 is 0 Å². The van der Waals surface area contributed by atoms with Gasteiger partial charge >= 0.3 is 0 Å². The molecule has 0 amide bonds. The van der Waals surface area contributed by atoms with E-state index in [1.165, 1.54) is 24.3 Å². The van der Waals surface area contributed by atoms with Crippen LogP contribution in [0.5, 0.6) is 0 Å². The summed E-state index contributed by atoms with van der Waals surface area (Å²) in [6.45, 7) is 0.755. The minimum atomic E-state index is 0.0747. The molecule has 1 aromatic rings. The molecule has 0 unspecified atom stereocenters. The molecule has 0 aliphatic carbocycles. The van der Waals surface area contributed by atoms with E-state index in [9.17, 15) is 0 Å². The average molecular weight is 300 g/mol. The second kappa shape index (κ2) is 7.03. The SMILES string of the molecule is N/C(=N/O)c1ccc(CNC2CCSCC2)c(Cl)c1. The van der Waals surface area contributed by atoms with Crippen molar-refractivity contribution in [1.29, 1.82) is 0 Å². The number of nitrogens with two attached hydrogens (primary N) is 1. The highest BCUT2D eigenvalue weighted by Gasteiger charge is 2.13. The van der Waals surface area contributed by atoms with Gasteiger partial charge in [-0.25, -0.2) is 0 Å². The molecule has 104 valence electrons. The predicted molar refractivity (Wildman–Crippen MR) is 81.1 cm³/mol. The van der Waals surface area contributed by atoms with Crippen LogP contribution in [0.1, 0.15) is 24.0 Å². The zero-order valence-electron chi connectivity index (χ0n) is 10.6. The Morgan fingerprint density at radius 3 is 2.84 bits per heavy atom. The Labute approximate surface area is 122 Å². The molecule has 1 aromatic carbocycles. The zero-order valence-corrected chi connectivity index (χ0v) is 12.2. The average Bonchev–Trinajstić information content (AvgIpc) is 2.46. The maximum Gasteiger partial charge on any atom is 0.170 e. The van der Waals surface area contributed by atoms with E-state index in [4.69, 9.17) is 22.5 Å². The number of thioether (sulfide) groups is 1. The molecule has 0 atom stereocenters. The number of hydrogen-bond donors (Lipinski definition) is 3. The van der Waals surface area contributed by atoms with Crippen molar-refractivity contribution in [2.75, 3.05) is 11.5 Å². The van der Waals surface area contributed by atoms with Crippen LogP contribution in [0.2, 0.25) is 5.02 Å². The van der Waals surface area contributed by atoms with Gasteiger partial charge in [0.1, 0.15) is 0 Å². The van der Waals surface area contributed by atoms with Crippen molar-refractivity contribution in [1.82, 2.24) is 5.32 Å². The van der Waals surface area contributed by atoms with Gasteiger partial charge < -0.3 is 16.3 Å². The van der Waals surface area contributed by atoms with Crippen LogP contribution < -0.4 is 11.1 Å². The Bertz CT molecular complexity index is 461. The van der Waals surface area contributed by atoms with Crippen molar-refractivity contribution < 1.29 is 5.21 Å². The van der Waals surface area contributed by atoms with Gasteiger partial charge in [-0.1, -0.05) is 28.9 Å². The van der Waals surface area contributed by atoms with Gasteiger partial charge in [-0.3, -0.25) is 0 Å². The van der Waals surface area contributed by atoms with Crippen LogP contribution in [-0.2, 0) is 6.54 Å². The Kier molecular flexibility index (Phi) is 5.36. The monoisotopic (exact) mass is 299 g/mol. The van der Waals surface area contributed by atoms with Gasteiger partial charge in [0.15, 0.2) is 5.84 Å². The molecule has 0 spiro atoms.